The molecule has 0 aromatic heterocycles. The molecule has 7 N–H and O–H groups in total. The van der Waals surface area contributed by atoms with Gasteiger partial charge in [-0.05, 0) is 36.5 Å². The zero-order chi connectivity index (χ0) is 33.9. The first-order chi connectivity index (χ1) is 21.7. The number of aliphatic hydroxyl groups excluding tert-OH is 3. The number of carbonyl (C=O) groups is 2. The molecule has 2 aliphatic rings. The Bertz CT molecular complexity index is 1370. The van der Waals surface area contributed by atoms with Crippen LogP contribution in [0.2, 0.25) is 0 Å². The van der Waals surface area contributed by atoms with E-state index < -0.39 is 72.0 Å². The second-order valence-electron chi connectivity index (χ2n) is 13.2. The molecular formula is C34H48N2O10. The molecule has 1 fully saturated rings. The number of fused-ring (bicyclic) bond motifs is 1. The van der Waals surface area contributed by atoms with E-state index in [0.717, 1.165) is 11.6 Å². The fourth-order valence-electron chi connectivity index (χ4n) is 6.51. The van der Waals surface area contributed by atoms with E-state index >= 15 is 0 Å². The Balaban J connectivity index is 1.43. The highest BCUT2D eigenvalue weighted by Crippen LogP contribution is 2.40. The van der Waals surface area contributed by atoms with Crippen LogP contribution in [0.25, 0.3) is 0 Å². The minimum Gasteiger partial charge on any atom is -0.508 e. The monoisotopic (exact) mass is 644 g/mol. The fraction of sp³-hybridized carbons (Fsp3) is 0.588. The number of rotatable bonds is 12. The van der Waals surface area contributed by atoms with Gasteiger partial charge >= 0.3 is 5.97 Å². The quantitative estimate of drug-likeness (QED) is 0.132. The summed E-state index contributed by atoms with van der Waals surface area (Å²) in [7, 11) is 2.85. The van der Waals surface area contributed by atoms with Crippen molar-refractivity contribution < 1.29 is 49.3 Å². The Labute approximate surface area is 269 Å². The van der Waals surface area contributed by atoms with Gasteiger partial charge in [0.05, 0.1) is 24.4 Å². The van der Waals surface area contributed by atoms with Crippen molar-refractivity contribution in [2.24, 2.45) is 11.3 Å². The van der Waals surface area contributed by atoms with Crippen molar-refractivity contribution >= 4 is 11.9 Å². The molecule has 2 aliphatic heterocycles. The van der Waals surface area contributed by atoms with Gasteiger partial charge in [-0.15, -0.1) is 0 Å². The molecule has 254 valence electrons. The number of benzene rings is 2. The van der Waals surface area contributed by atoms with E-state index in [1.165, 1.54) is 14.2 Å². The number of nitrogens with one attached hydrogen (secondary N) is 2. The molecule has 2 heterocycles. The lowest BCUT2D eigenvalue weighted by molar-refractivity contribution is -0.143. The molecule has 0 bridgehead atoms. The largest absolute Gasteiger partial charge is 0.508 e. The van der Waals surface area contributed by atoms with Gasteiger partial charge in [0.2, 0.25) is 0 Å². The van der Waals surface area contributed by atoms with Crippen molar-refractivity contribution in [3.8, 4) is 11.5 Å². The van der Waals surface area contributed by atoms with Gasteiger partial charge < -0.3 is 50.4 Å². The first-order valence-corrected chi connectivity index (χ1v) is 15.6. The third-order valence-electron chi connectivity index (χ3n) is 9.96. The highest BCUT2D eigenvalue weighted by Gasteiger charge is 2.47. The van der Waals surface area contributed by atoms with Gasteiger partial charge in [-0.1, -0.05) is 51.1 Å². The molecule has 0 unspecified atom stereocenters. The summed E-state index contributed by atoms with van der Waals surface area (Å²) in [6.45, 7) is 7.18. The Kier molecular flexibility index (Phi) is 11.3. The summed E-state index contributed by atoms with van der Waals surface area (Å²) in [5.41, 5.74) is 1.17. The number of aliphatic hydroxyl groups is 3. The number of hydrogen-bond acceptors (Lipinski definition) is 11. The van der Waals surface area contributed by atoms with Crippen LogP contribution in [-0.4, -0.2) is 100 Å². The molecule has 1 saturated heterocycles. The van der Waals surface area contributed by atoms with Gasteiger partial charge in [-0.2, -0.15) is 0 Å². The summed E-state index contributed by atoms with van der Waals surface area (Å²) in [5.74, 6) is -2.44. The topological polar surface area (TPSA) is 187 Å². The number of methoxy groups -OCH3 is 2. The molecule has 1 amide bonds. The highest BCUT2D eigenvalue weighted by atomic mass is 16.5. The Morgan fingerprint density at radius 1 is 1.13 bits per heavy atom. The molecule has 0 aliphatic carbocycles. The maximum atomic E-state index is 13.1. The Morgan fingerprint density at radius 2 is 1.80 bits per heavy atom. The molecule has 12 heteroatoms. The second kappa shape index (κ2) is 14.7. The molecular weight excluding hydrogens is 596 g/mol. The highest BCUT2D eigenvalue weighted by molar-refractivity contribution is 5.96. The van der Waals surface area contributed by atoms with Crippen molar-refractivity contribution in [1.29, 1.82) is 0 Å². The van der Waals surface area contributed by atoms with Gasteiger partial charge in [0.1, 0.15) is 29.4 Å². The number of phenolic OH excluding ortho intramolecular Hbond substituents is 2. The van der Waals surface area contributed by atoms with E-state index in [2.05, 4.69) is 10.6 Å². The molecule has 0 spiro atoms. The minimum absolute atomic E-state index is 0.0175. The first kappa shape index (κ1) is 35.6. The summed E-state index contributed by atoms with van der Waals surface area (Å²) in [6, 6.07) is 9.46. The molecule has 46 heavy (non-hydrogen) atoms. The van der Waals surface area contributed by atoms with Gasteiger partial charge in [0, 0.05) is 50.5 Å². The number of hydrogen-bond donors (Lipinski definition) is 7. The van der Waals surface area contributed by atoms with E-state index in [4.69, 9.17) is 14.2 Å². The molecule has 4 rings (SSSR count). The van der Waals surface area contributed by atoms with Crippen molar-refractivity contribution in [1.82, 2.24) is 10.6 Å². The summed E-state index contributed by atoms with van der Waals surface area (Å²) < 4.78 is 16.7. The Hall–Kier alpha value is -3.26. The van der Waals surface area contributed by atoms with E-state index in [9.17, 15) is 35.1 Å². The van der Waals surface area contributed by atoms with Crippen molar-refractivity contribution in [2.45, 2.75) is 102 Å². The zero-order valence-electron chi connectivity index (χ0n) is 27.3. The van der Waals surface area contributed by atoms with Crippen LogP contribution < -0.4 is 10.6 Å². The smallest absolute Gasteiger partial charge is 0.342 e. The van der Waals surface area contributed by atoms with Crippen LogP contribution in [0.15, 0.2) is 36.4 Å². The number of piperidine rings is 1. The number of aromatic hydroxyl groups is 2. The molecule has 2 aromatic carbocycles. The zero-order valence-corrected chi connectivity index (χ0v) is 27.3. The summed E-state index contributed by atoms with van der Waals surface area (Å²) in [6.07, 6.45) is -4.82. The molecule has 0 saturated carbocycles. The summed E-state index contributed by atoms with van der Waals surface area (Å²) >= 11 is 0. The summed E-state index contributed by atoms with van der Waals surface area (Å²) in [4.78, 5) is 26.0. The van der Waals surface area contributed by atoms with Crippen LogP contribution in [0.4, 0.5) is 0 Å². The standard InChI is InChI=1S/C34H48N2O10/c1-17-20-13-25(46-33(43)29(20)24(39)15-22(17)37)18(2)23(38)16-27-34(3,4)28(40)14-21(35-27)32(45-6)36-31(42)30(41)26(44-5)12-19-10-8-7-9-11-19/h7-11,15,18,21,23,25-28,30,32,35,37-41H,12-14,16H2,1-6H3,(H,36,42)/t18-,21+,23+,25-,26+,27-,28-,30+,32+/m1/s1. The lowest BCUT2D eigenvalue weighted by atomic mass is 9.70. The van der Waals surface area contributed by atoms with Crippen LogP contribution in [0, 0.1) is 18.3 Å². The number of carbonyl (C=O) groups excluding carboxylic acids is 2. The predicted octanol–water partition coefficient (Wildman–Crippen LogP) is 1.70. The van der Waals surface area contributed by atoms with Crippen molar-refractivity contribution in [3.63, 3.8) is 0 Å². The number of phenols is 2. The van der Waals surface area contributed by atoms with Gasteiger partial charge in [0.15, 0.2) is 6.10 Å². The fourth-order valence-corrected chi connectivity index (χ4v) is 6.51. The lowest BCUT2D eigenvalue weighted by Crippen LogP contribution is -2.65. The van der Waals surface area contributed by atoms with Crippen molar-refractivity contribution in [3.05, 3.63) is 58.7 Å². The second-order valence-corrected chi connectivity index (χ2v) is 13.2. The molecule has 0 radical (unpaired) electrons. The number of esters is 1. The van der Waals surface area contributed by atoms with E-state index in [1.54, 1.807) is 13.8 Å². The van der Waals surface area contributed by atoms with E-state index in [-0.39, 0.29) is 36.3 Å². The molecule has 9 atom stereocenters. The van der Waals surface area contributed by atoms with E-state index in [1.807, 2.05) is 44.2 Å². The van der Waals surface area contributed by atoms with Gasteiger partial charge in [0.25, 0.3) is 5.91 Å². The lowest BCUT2D eigenvalue weighted by Gasteiger charge is -2.49. The number of ether oxygens (including phenoxy) is 3. The summed E-state index contributed by atoms with van der Waals surface area (Å²) in [5, 5.41) is 60.1. The van der Waals surface area contributed by atoms with Crippen LogP contribution >= 0.6 is 0 Å². The molecule has 2 aromatic rings. The number of amides is 1. The van der Waals surface area contributed by atoms with Crippen LogP contribution in [-0.2, 0) is 31.8 Å². The maximum absolute atomic E-state index is 13.1. The minimum atomic E-state index is -1.48. The van der Waals surface area contributed by atoms with Gasteiger partial charge in [-0.3, -0.25) is 4.79 Å². The normalized spacial score (nSPS) is 25.8. The average molecular weight is 645 g/mol. The van der Waals surface area contributed by atoms with E-state index in [0.29, 0.717) is 17.5 Å². The SMILES string of the molecule is CO[C@@H](Cc1ccccc1)[C@H](O)C(=O)N[C@@H](OC)[C@@H]1C[C@@H](O)C(C)(C)[C@@H](C[C@H](O)[C@@H](C)[C@H]2Cc3c(C)c(O)cc(O)c3C(=O)O2)N1. The van der Waals surface area contributed by atoms with Crippen molar-refractivity contribution in [2.75, 3.05) is 14.2 Å². The maximum Gasteiger partial charge on any atom is 0.342 e. The van der Waals surface area contributed by atoms with Crippen LogP contribution in [0.3, 0.4) is 0 Å². The predicted molar refractivity (Wildman–Crippen MR) is 168 cm³/mol. The first-order valence-electron chi connectivity index (χ1n) is 15.6. The number of cyclic esters (lactones) is 1. The van der Waals surface area contributed by atoms with Gasteiger partial charge in [-0.25, -0.2) is 4.79 Å². The third kappa shape index (κ3) is 7.48. The third-order valence-corrected chi connectivity index (χ3v) is 9.96. The average Bonchev–Trinajstić information content (AvgIpc) is 3.02. The van der Waals surface area contributed by atoms with Crippen LogP contribution in [0.5, 0.6) is 11.5 Å². The van der Waals surface area contributed by atoms with Crippen LogP contribution in [0.1, 0.15) is 60.7 Å². The Morgan fingerprint density at radius 3 is 2.43 bits per heavy atom. The molecule has 12 nitrogen and oxygen atoms in total.